The number of carbonyl (C=O) groups is 1. The number of nitrogens with zero attached hydrogens (tertiary/aromatic N) is 1. The van der Waals surface area contributed by atoms with Crippen LogP contribution in [0, 0.1) is 6.92 Å². The number of hydrazine groups is 1. The molecule has 1 aromatic heterocycles. The number of nitrogens with one attached hydrogen (secondary N) is 1. The molecule has 1 amide bonds. The van der Waals surface area contributed by atoms with E-state index >= 15 is 0 Å². The maximum Gasteiger partial charge on any atom is 0.388 e. The Kier molecular flexibility index (Phi) is 3.51. The van der Waals surface area contributed by atoms with Gasteiger partial charge in [0, 0.05) is 6.20 Å². The van der Waals surface area contributed by atoms with E-state index in [1.54, 1.807) is 6.92 Å². The van der Waals surface area contributed by atoms with E-state index in [4.69, 9.17) is 5.84 Å². The van der Waals surface area contributed by atoms with Gasteiger partial charge in [0.05, 0.1) is 0 Å². The van der Waals surface area contributed by atoms with Crippen LogP contribution >= 0.6 is 0 Å². The molecule has 0 aliphatic carbocycles. The number of pyridine rings is 1. The van der Waals surface area contributed by atoms with Crippen molar-refractivity contribution >= 4 is 5.91 Å². The number of aromatic nitrogens is 1. The zero-order chi connectivity index (χ0) is 11.4. The summed E-state index contributed by atoms with van der Waals surface area (Å²) in [5.74, 6) is 3.70. The Balaban J connectivity index is 3.08. The molecule has 0 atom stereocenters. The van der Waals surface area contributed by atoms with Crippen LogP contribution in [0.1, 0.15) is 15.9 Å². The van der Waals surface area contributed by atoms with Gasteiger partial charge in [-0.2, -0.15) is 8.78 Å². The van der Waals surface area contributed by atoms with Crippen LogP contribution in [-0.4, -0.2) is 17.5 Å². The van der Waals surface area contributed by atoms with Crippen molar-refractivity contribution in [3.8, 4) is 5.88 Å². The number of halogens is 2. The van der Waals surface area contributed by atoms with Gasteiger partial charge >= 0.3 is 6.61 Å². The molecule has 1 heterocycles. The highest BCUT2D eigenvalue weighted by Gasteiger charge is 2.16. The van der Waals surface area contributed by atoms with Gasteiger partial charge in [0.25, 0.3) is 5.91 Å². The Hall–Kier alpha value is -1.76. The summed E-state index contributed by atoms with van der Waals surface area (Å²) in [6.45, 7) is -1.38. The number of hydrogen-bond acceptors (Lipinski definition) is 4. The van der Waals surface area contributed by atoms with Crippen molar-refractivity contribution in [2.45, 2.75) is 13.5 Å². The van der Waals surface area contributed by atoms with Gasteiger partial charge in [0.2, 0.25) is 5.88 Å². The van der Waals surface area contributed by atoms with Crippen LogP contribution in [0.2, 0.25) is 0 Å². The summed E-state index contributed by atoms with van der Waals surface area (Å²) in [4.78, 5) is 14.7. The van der Waals surface area contributed by atoms with Crippen molar-refractivity contribution in [1.29, 1.82) is 0 Å². The van der Waals surface area contributed by atoms with Crippen LogP contribution in [0.15, 0.2) is 12.3 Å². The standard InChI is InChI=1S/C8H9F2N3O2/c1-4-2-5(6(14)13-11)7(12-3-4)15-8(9)10/h2-3,8H,11H2,1H3,(H,13,14). The number of amides is 1. The lowest BCUT2D eigenvalue weighted by Crippen LogP contribution is -2.30. The van der Waals surface area contributed by atoms with Gasteiger partial charge in [-0.3, -0.25) is 10.2 Å². The van der Waals surface area contributed by atoms with Gasteiger partial charge in [-0.15, -0.1) is 0 Å². The molecule has 0 fully saturated rings. The topological polar surface area (TPSA) is 77.2 Å². The summed E-state index contributed by atoms with van der Waals surface area (Å²) in [6.07, 6.45) is 1.31. The molecule has 0 unspecified atom stereocenters. The minimum atomic E-state index is -3.04. The third kappa shape index (κ3) is 2.84. The second-order valence-electron chi connectivity index (χ2n) is 2.72. The molecule has 15 heavy (non-hydrogen) atoms. The van der Waals surface area contributed by atoms with Gasteiger partial charge in [-0.25, -0.2) is 10.8 Å². The molecule has 7 heteroatoms. The first kappa shape index (κ1) is 11.3. The van der Waals surface area contributed by atoms with Crippen LogP contribution in [0.25, 0.3) is 0 Å². The van der Waals surface area contributed by atoms with E-state index in [0.717, 1.165) is 0 Å². The van der Waals surface area contributed by atoms with Gasteiger partial charge < -0.3 is 4.74 Å². The molecule has 0 saturated heterocycles. The van der Waals surface area contributed by atoms with Crippen molar-refractivity contribution in [2.75, 3.05) is 0 Å². The third-order valence-corrected chi connectivity index (χ3v) is 1.56. The zero-order valence-electron chi connectivity index (χ0n) is 7.83. The predicted molar refractivity (Wildman–Crippen MR) is 47.3 cm³/mol. The minimum absolute atomic E-state index is 0.127. The van der Waals surface area contributed by atoms with Gasteiger partial charge in [0.15, 0.2) is 0 Å². The number of hydrogen-bond donors (Lipinski definition) is 2. The van der Waals surface area contributed by atoms with Crippen LogP contribution in [0.5, 0.6) is 5.88 Å². The minimum Gasteiger partial charge on any atom is -0.416 e. The molecular weight excluding hydrogens is 208 g/mol. The monoisotopic (exact) mass is 217 g/mol. The Labute approximate surface area is 84.2 Å². The molecule has 0 radical (unpaired) electrons. The molecule has 0 spiro atoms. The molecule has 3 N–H and O–H groups in total. The molecule has 0 bridgehead atoms. The van der Waals surface area contributed by atoms with E-state index in [9.17, 15) is 13.6 Å². The molecule has 1 rings (SSSR count). The van der Waals surface area contributed by atoms with E-state index in [0.29, 0.717) is 5.56 Å². The van der Waals surface area contributed by atoms with Crippen LogP contribution < -0.4 is 16.0 Å². The van der Waals surface area contributed by atoms with Gasteiger partial charge in [0.1, 0.15) is 5.56 Å². The fraction of sp³-hybridized carbons (Fsp3) is 0.250. The number of ether oxygens (including phenoxy) is 1. The highest BCUT2D eigenvalue weighted by molar-refractivity contribution is 5.96. The first-order valence-electron chi connectivity index (χ1n) is 3.97. The normalized spacial score (nSPS) is 10.2. The fourth-order valence-electron chi connectivity index (χ4n) is 0.975. The Morgan fingerprint density at radius 2 is 2.33 bits per heavy atom. The maximum absolute atomic E-state index is 11.9. The summed E-state index contributed by atoms with van der Waals surface area (Å²) in [7, 11) is 0. The molecular formula is C8H9F2N3O2. The Morgan fingerprint density at radius 3 is 2.87 bits per heavy atom. The lowest BCUT2D eigenvalue weighted by molar-refractivity contribution is -0.0532. The van der Waals surface area contributed by atoms with Crippen molar-refractivity contribution < 1.29 is 18.3 Å². The lowest BCUT2D eigenvalue weighted by atomic mass is 10.2. The summed E-state index contributed by atoms with van der Waals surface area (Å²) in [5.41, 5.74) is 2.33. The largest absolute Gasteiger partial charge is 0.416 e. The number of rotatable bonds is 3. The second-order valence-corrected chi connectivity index (χ2v) is 2.72. The summed E-state index contributed by atoms with van der Waals surface area (Å²) in [5, 5.41) is 0. The first-order valence-corrected chi connectivity index (χ1v) is 3.97. The lowest BCUT2D eigenvalue weighted by Gasteiger charge is -2.08. The van der Waals surface area contributed by atoms with Crippen molar-refractivity contribution in [1.82, 2.24) is 10.4 Å². The fourth-order valence-corrected chi connectivity index (χ4v) is 0.975. The molecule has 0 saturated carbocycles. The van der Waals surface area contributed by atoms with Crippen molar-refractivity contribution in [3.05, 3.63) is 23.4 Å². The highest BCUT2D eigenvalue weighted by atomic mass is 19.3. The number of nitrogens with two attached hydrogens (primary N) is 1. The summed E-state index contributed by atoms with van der Waals surface area (Å²) < 4.78 is 27.9. The van der Waals surface area contributed by atoms with E-state index in [1.807, 2.05) is 5.43 Å². The van der Waals surface area contributed by atoms with Gasteiger partial charge in [-0.1, -0.05) is 0 Å². The van der Waals surface area contributed by atoms with Crippen molar-refractivity contribution in [2.24, 2.45) is 5.84 Å². The van der Waals surface area contributed by atoms with E-state index < -0.39 is 18.4 Å². The smallest absolute Gasteiger partial charge is 0.388 e. The molecule has 0 aliphatic rings. The summed E-state index contributed by atoms with van der Waals surface area (Å²) in [6, 6.07) is 1.35. The van der Waals surface area contributed by atoms with E-state index in [2.05, 4.69) is 9.72 Å². The molecule has 1 aromatic rings. The number of carbonyl (C=O) groups excluding carboxylic acids is 1. The average molecular weight is 217 g/mol. The SMILES string of the molecule is Cc1cnc(OC(F)F)c(C(=O)NN)c1. The van der Waals surface area contributed by atoms with Crippen LogP contribution in [0.4, 0.5) is 8.78 Å². The third-order valence-electron chi connectivity index (χ3n) is 1.56. The van der Waals surface area contributed by atoms with E-state index in [-0.39, 0.29) is 5.56 Å². The summed E-state index contributed by atoms with van der Waals surface area (Å²) >= 11 is 0. The number of nitrogen functional groups attached to an aromatic ring is 1. The van der Waals surface area contributed by atoms with Crippen LogP contribution in [0.3, 0.4) is 0 Å². The average Bonchev–Trinajstić information content (AvgIpc) is 2.19. The van der Waals surface area contributed by atoms with E-state index in [1.165, 1.54) is 12.3 Å². The molecule has 82 valence electrons. The molecule has 0 aromatic carbocycles. The predicted octanol–water partition coefficient (Wildman–Crippen LogP) is 0.595. The zero-order valence-corrected chi connectivity index (χ0v) is 7.83. The quantitative estimate of drug-likeness (QED) is 0.441. The Bertz CT molecular complexity index is 371. The molecule has 0 aliphatic heterocycles. The second kappa shape index (κ2) is 4.65. The van der Waals surface area contributed by atoms with Crippen LogP contribution in [-0.2, 0) is 0 Å². The highest BCUT2D eigenvalue weighted by Crippen LogP contribution is 2.18. The van der Waals surface area contributed by atoms with Crippen molar-refractivity contribution in [3.63, 3.8) is 0 Å². The van der Waals surface area contributed by atoms with Gasteiger partial charge in [-0.05, 0) is 18.6 Å². The molecule has 5 nitrogen and oxygen atoms in total. The maximum atomic E-state index is 11.9. The Morgan fingerprint density at radius 1 is 1.67 bits per heavy atom. The number of alkyl halides is 2. The first-order chi connectivity index (χ1) is 7.04. The number of aryl methyl sites for hydroxylation is 1.